The summed E-state index contributed by atoms with van der Waals surface area (Å²) >= 11 is 1.86. The molecule has 35 heteroatoms. The minimum Gasteiger partial charge on any atom is -0.423 e. The Balaban J connectivity index is 1.06. The SMILES string of the molecule is CC(C)(C)SSCCN(C(=O)CNC(=O)COCCOCCNC(=O)COCCOCCNC(=O)CCCC[C@@H]1SC[C@@H]2NC(=O)N[C@@H]21)c1ccc2c(CC(=O)NCC(=O)N[C@@H](CCCCNC(=O)COCCOCCNC(=O)CCCCN=[N+]=[N-])C(N)=O)cc(=O)oc2c1. The number of amides is 11. The van der Waals surface area contributed by atoms with Crippen molar-refractivity contribution in [3.8, 4) is 0 Å². The van der Waals surface area contributed by atoms with Crippen LogP contribution in [0, 0.1) is 0 Å². The first-order valence-electron chi connectivity index (χ1n) is 31.7. The van der Waals surface area contributed by atoms with Crippen LogP contribution in [-0.4, -0.2) is 230 Å². The number of carbonyl (C=O) groups is 10. The molecule has 3 heterocycles. The van der Waals surface area contributed by atoms with Crippen LogP contribution in [0.5, 0.6) is 0 Å². The predicted octanol–water partition coefficient (Wildman–Crippen LogP) is 0.992. The summed E-state index contributed by atoms with van der Waals surface area (Å²) in [6.07, 6.45) is 5.29. The van der Waals surface area contributed by atoms with E-state index in [2.05, 4.69) is 78.6 Å². The summed E-state index contributed by atoms with van der Waals surface area (Å²) in [6.45, 7) is 8.00. The van der Waals surface area contributed by atoms with Gasteiger partial charge in [0.15, 0.2) is 0 Å². The third kappa shape index (κ3) is 36.1. The Labute approximate surface area is 564 Å². The van der Waals surface area contributed by atoms with E-state index in [9.17, 15) is 52.7 Å². The fourth-order valence-electron chi connectivity index (χ4n) is 9.25. The van der Waals surface area contributed by atoms with Crippen LogP contribution in [0.1, 0.15) is 90.5 Å². The molecule has 0 spiro atoms. The molecule has 1 aromatic carbocycles. The minimum atomic E-state index is -1.06. The van der Waals surface area contributed by atoms with Gasteiger partial charge in [0.05, 0.1) is 91.1 Å². The lowest BCUT2D eigenvalue weighted by molar-refractivity contribution is -0.129. The van der Waals surface area contributed by atoms with Crippen LogP contribution in [0.15, 0.2) is 38.6 Å². The first kappa shape index (κ1) is 80.5. The highest BCUT2D eigenvalue weighted by molar-refractivity contribution is 8.77. The number of thioether (sulfide) groups is 1. The summed E-state index contributed by atoms with van der Waals surface area (Å²) in [4.78, 5) is 142. The lowest BCUT2D eigenvalue weighted by Crippen LogP contribution is -2.48. The largest absolute Gasteiger partial charge is 0.423 e. The van der Waals surface area contributed by atoms with E-state index in [4.69, 9.17) is 44.1 Å². The van der Waals surface area contributed by atoms with Crippen molar-refractivity contribution in [1.29, 1.82) is 0 Å². The van der Waals surface area contributed by atoms with E-state index in [1.54, 1.807) is 33.7 Å². The molecule has 4 rings (SSSR count). The summed E-state index contributed by atoms with van der Waals surface area (Å²) in [5, 5.41) is 28.6. The van der Waals surface area contributed by atoms with Crippen LogP contribution in [0.25, 0.3) is 21.4 Å². The van der Waals surface area contributed by atoms with Crippen molar-refractivity contribution < 1.29 is 80.8 Å². The molecule has 11 amide bonds. The van der Waals surface area contributed by atoms with Gasteiger partial charge in [-0.05, 0) is 68.2 Å². The van der Waals surface area contributed by atoms with Crippen molar-refractivity contribution >= 4 is 109 Å². The number of hydrogen-bond donors (Lipinski definition) is 10. The molecule has 2 aliphatic heterocycles. The van der Waals surface area contributed by atoms with Gasteiger partial charge in [-0.25, -0.2) is 9.59 Å². The van der Waals surface area contributed by atoms with Crippen molar-refractivity contribution in [2.45, 2.75) is 120 Å². The number of fused-ring (bicyclic) bond motifs is 2. The Morgan fingerprint density at radius 2 is 1.27 bits per heavy atom. The molecule has 2 aromatic rings. The molecule has 32 nitrogen and oxygen atoms in total. The zero-order chi connectivity index (χ0) is 69.1. The summed E-state index contributed by atoms with van der Waals surface area (Å²) in [6, 6.07) is 5.07. The smallest absolute Gasteiger partial charge is 0.336 e. The molecule has 0 unspecified atom stereocenters. The van der Waals surface area contributed by atoms with Gasteiger partial charge in [-0.15, -0.1) is 0 Å². The number of hydrogen-bond acceptors (Lipinski definition) is 22. The molecule has 95 heavy (non-hydrogen) atoms. The van der Waals surface area contributed by atoms with Crippen LogP contribution in [0.4, 0.5) is 10.5 Å². The number of carbonyl (C=O) groups excluding carboxylic acids is 10. The van der Waals surface area contributed by atoms with E-state index < -0.39 is 47.7 Å². The van der Waals surface area contributed by atoms with Gasteiger partial charge in [-0.3, -0.25) is 43.2 Å². The lowest BCUT2D eigenvalue weighted by Gasteiger charge is -2.24. The lowest BCUT2D eigenvalue weighted by atomic mass is 10.0. The van der Waals surface area contributed by atoms with Gasteiger partial charge in [0.2, 0.25) is 53.2 Å². The maximum atomic E-state index is 13.8. The second kappa shape index (κ2) is 47.0. The van der Waals surface area contributed by atoms with Crippen molar-refractivity contribution in [3.05, 3.63) is 50.7 Å². The van der Waals surface area contributed by atoms with Crippen LogP contribution in [-0.2, 0) is 78.0 Å². The molecule has 0 saturated carbocycles. The normalized spacial score (nSPS) is 15.1. The number of nitrogens with two attached hydrogens (primary N) is 1. The summed E-state index contributed by atoms with van der Waals surface area (Å²) in [5.41, 5.74) is 13.8. The number of azide groups is 1. The second-order valence-electron chi connectivity index (χ2n) is 22.8. The van der Waals surface area contributed by atoms with Crippen LogP contribution in [0.2, 0.25) is 0 Å². The van der Waals surface area contributed by atoms with Crippen molar-refractivity contribution in [2.75, 3.05) is 148 Å². The maximum Gasteiger partial charge on any atom is 0.336 e. The average molecular weight is 1400 g/mol. The van der Waals surface area contributed by atoms with Crippen molar-refractivity contribution in [2.24, 2.45) is 10.8 Å². The number of ether oxygens (including phenoxy) is 6. The van der Waals surface area contributed by atoms with Crippen molar-refractivity contribution in [1.82, 2.24) is 47.9 Å². The number of primary amides is 1. The molecule has 1 aromatic heterocycles. The number of nitrogens with one attached hydrogen (secondary N) is 9. The number of nitrogens with zero attached hydrogens (tertiary/aromatic N) is 4. The van der Waals surface area contributed by atoms with E-state index in [0.29, 0.717) is 86.8 Å². The van der Waals surface area contributed by atoms with E-state index in [0.717, 1.165) is 31.1 Å². The minimum absolute atomic E-state index is 0.0422. The zero-order valence-electron chi connectivity index (χ0n) is 54.4. The Morgan fingerprint density at radius 1 is 0.695 bits per heavy atom. The van der Waals surface area contributed by atoms with Gasteiger partial charge >= 0.3 is 11.7 Å². The molecular weight excluding hydrogens is 1300 g/mol. The molecule has 0 bridgehead atoms. The molecule has 2 fully saturated rings. The monoisotopic (exact) mass is 1390 g/mol. The highest BCUT2D eigenvalue weighted by Crippen LogP contribution is 2.36. The fourth-order valence-corrected chi connectivity index (χ4v) is 13.0. The number of anilines is 1. The maximum absolute atomic E-state index is 13.8. The van der Waals surface area contributed by atoms with Gasteiger partial charge < -0.3 is 91.3 Å². The number of rotatable bonds is 52. The third-order valence-electron chi connectivity index (χ3n) is 13.9. The summed E-state index contributed by atoms with van der Waals surface area (Å²) in [5.74, 6) is -2.60. The highest BCUT2D eigenvalue weighted by Gasteiger charge is 2.42. The van der Waals surface area contributed by atoms with Crippen LogP contribution >= 0.6 is 33.3 Å². The van der Waals surface area contributed by atoms with E-state index >= 15 is 0 Å². The summed E-state index contributed by atoms with van der Waals surface area (Å²) < 4.78 is 37.9. The standard InChI is InChI=1S/C60H94N14O18S3/c1-60(2,3)95-94-31-21-74(55(82)36-68-54(81)39-91-30-27-88-24-20-66-53(80)38-90-29-26-86-22-18-64-48(75)12-5-4-11-47-57-45(40-93-47)71-59(85)72-57)42-14-15-43-41(33-56(83)92-46(43)34-42)32-50(77)67-35-51(78)70-44(58(61)84)10-6-8-16-63-52(79)37-89-28-25-87-23-19-65-49(76)13-7-9-17-69-73-62/h14-15,33-34,44-45,47,57H,4-13,16-32,35-40H2,1-3H3,(H2,61,84)(H,63,79)(H,64,75)(H,65,76)(H,66,80)(H,67,77)(H,68,81)(H,70,78)(H2,71,72,85)/t44-,45-,47-,57-/m0/s1. The highest BCUT2D eigenvalue weighted by atomic mass is 33.1. The number of benzene rings is 1. The van der Waals surface area contributed by atoms with E-state index in [-0.39, 0.29) is 169 Å². The molecule has 0 radical (unpaired) electrons. The number of unbranched alkanes of at least 4 members (excludes halogenated alkanes) is 3. The predicted molar refractivity (Wildman–Crippen MR) is 358 cm³/mol. The Kier molecular flexibility index (Phi) is 39.9. The molecule has 4 atom stereocenters. The topological polar surface area (TPSA) is 443 Å². The first-order chi connectivity index (χ1) is 45.7. The Hall–Kier alpha value is -6.95. The quantitative estimate of drug-likeness (QED) is 0.00840. The van der Waals surface area contributed by atoms with Gasteiger partial charge in [0, 0.05) is 102 Å². The second-order valence-corrected chi connectivity index (χ2v) is 27.3. The third-order valence-corrected chi connectivity index (χ3v) is 18.7. The first-order valence-corrected chi connectivity index (χ1v) is 35.1. The zero-order valence-corrected chi connectivity index (χ0v) is 56.8. The average Bonchev–Trinajstić information content (AvgIpc) is 1.47. The molecule has 530 valence electrons. The van der Waals surface area contributed by atoms with E-state index in [1.807, 2.05) is 11.8 Å². The van der Waals surface area contributed by atoms with Crippen LogP contribution < -0.4 is 64.1 Å². The van der Waals surface area contributed by atoms with Crippen LogP contribution in [0.3, 0.4) is 0 Å². The van der Waals surface area contributed by atoms with Gasteiger partial charge in [-0.1, -0.05) is 53.9 Å². The fraction of sp³-hybridized carbons (Fsp3) is 0.683. The van der Waals surface area contributed by atoms with Gasteiger partial charge in [0.1, 0.15) is 31.4 Å². The molecular formula is C60H94N14O18S3. The van der Waals surface area contributed by atoms with E-state index in [1.165, 1.54) is 11.0 Å². The molecule has 2 saturated heterocycles. The Morgan fingerprint density at radius 3 is 1.88 bits per heavy atom. The Bertz CT molecular complexity index is 2880. The van der Waals surface area contributed by atoms with Crippen molar-refractivity contribution in [3.63, 3.8) is 0 Å². The number of urea groups is 1. The van der Waals surface area contributed by atoms with Gasteiger partial charge in [0.25, 0.3) is 0 Å². The summed E-state index contributed by atoms with van der Waals surface area (Å²) in [7, 11) is 3.19. The molecule has 11 N–H and O–H groups in total. The van der Waals surface area contributed by atoms with Gasteiger partial charge in [-0.2, -0.15) is 11.8 Å². The molecule has 0 aliphatic carbocycles. The molecule has 2 aliphatic rings.